The Kier molecular flexibility index (Phi) is 8.44. The van der Waals surface area contributed by atoms with Crippen molar-refractivity contribution in [1.29, 1.82) is 0 Å². The molecule has 0 radical (unpaired) electrons. The lowest BCUT2D eigenvalue weighted by molar-refractivity contribution is 0.0747. The van der Waals surface area contributed by atoms with Crippen LogP contribution in [-0.2, 0) is 10.8 Å². The molecule has 2 heterocycles. The third kappa shape index (κ3) is 5.86. The molecule has 2 fully saturated rings. The quantitative estimate of drug-likeness (QED) is 0.621. The van der Waals surface area contributed by atoms with Gasteiger partial charge in [-0.3, -0.25) is 9.00 Å². The maximum absolute atomic E-state index is 14.9. The van der Waals surface area contributed by atoms with Gasteiger partial charge in [0.25, 0.3) is 5.91 Å². The second kappa shape index (κ2) is 11.5. The number of hydrogen-bond donors (Lipinski definition) is 1. The molecule has 0 bridgehead atoms. The number of piperazine rings is 1. The van der Waals surface area contributed by atoms with E-state index in [1.54, 1.807) is 18.4 Å². The van der Waals surface area contributed by atoms with Crippen LogP contribution in [0.25, 0.3) is 0 Å². The molecular weight excluding hydrogens is 465 g/mol. The summed E-state index contributed by atoms with van der Waals surface area (Å²) >= 11 is 0. The highest BCUT2D eigenvalue weighted by atomic mass is 32.2. The Balaban J connectivity index is 1.48. The van der Waals surface area contributed by atoms with Gasteiger partial charge in [-0.25, -0.2) is 4.39 Å². The number of carbonyl (C=O) groups is 1. The SMILES string of the molecule is CC(CCO)c1ccc(N2CCN(C(=O)c3cc(S(C)=O)ccc3N3CCCCC3)CC2)c(F)c1. The summed E-state index contributed by atoms with van der Waals surface area (Å²) in [6.07, 6.45) is 5.66. The van der Waals surface area contributed by atoms with E-state index in [1.165, 1.54) is 6.42 Å². The molecule has 2 aromatic rings. The van der Waals surface area contributed by atoms with E-state index in [1.807, 2.05) is 41.0 Å². The molecule has 0 aromatic heterocycles. The monoisotopic (exact) mass is 501 g/mol. The van der Waals surface area contributed by atoms with Crippen molar-refractivity contribution >= 4 is 28.1 Å². The minimum Gasteiger partial charge on any atom is -0.396 e. The first kappa shape index (κ1) is 25.6. The van der Waals surface area contributed by atoms with Gasteiger partial charge >= 0.3 is 0 Å². The van der Waals surface area contributed by atoms with E-state index in [0.717, 1.165) is 37.2 Å². The van der Waals surface area contributed by atoms with E-state index in [-0.39, 0.29) is 24.2 Å². The zero-order valence-corrected chi connectivity index (χ0v) is 21.5. The van der Waals surface area contributed by atoms with Gasteiger partial charge in [-0.2, -0.15) is 0 Å². The number of piperidine rings is 1. The molecule has 2 aliphatic rings. The van der Waals surface area contributed by atoms with Crippen LogP contribution in [0.4, 0.5) is 15.8 Å². The van der Waals surface area contributed by atoms with Crippen molar-refractivity contribution in [3.63, 3.8) is 0 Å². The molecule has 0 aliphatic carbocycles. The van der Waals surface area contributed by atoms with E-state index < -0.39 is 10.8 Å². The van der Waals surface area contributed by atoms with Crippen molar-refractivity contribution in [2.45, 2.75) is 43.4 Å². The second-order valence-electron chi connectivity index (χ2n) is 9.58. The highest BCUT2D eigenvalue weighted by Gasteiger charge is 2.27. The first-order valence-electron chi connectivity index (χ1n) is 12.6. The van der Waals surface area contributed by atoms with Crippen LogP contribution < -0.4 is 9.80 Å². The Hall–Kier alpha value is -2.45. The van der Waals surface area contributed by atoms with E-state index in [0.29, 0.717) is 48.7 Å². The van der Waals surface area contributed by atoms with Crippen LogP contribution in [-0.4, -0.2) is 72.3 Å². The van der Waals surface area contributed by atoms with Gasteiger partial charge in [-0.15, -0.1) is 0 Å². The first-order valence-corrected chi connectivity index (χ1v) is 14.1. The van der Waals surface area contributed by atoms with Crippen molar-refractivity contribution in [1.82, 2.24) is 4.90 Å². The minimum absolute atomic E-state index is 0.0498. The number of benzene rings is 2. The van der Waals surface area contributed by atoms with Gasteiger partial charge in [0.1, 0.15) is 5.82 Å². The second-order valence-corrected chi connectivity index (χ2v) is 11.0. The fourth-order valence-electron chi connectivity index (χ4n) is 5.04. The van der Waals surface area contributed by atoms with E-state index >= 15 is 0 Å². The summed E-state index contributed by atoms with van der Waals surface area (Å²) in [6.45, 7) is 6.01. The van der Waals surface area contributed by atoms with Gasteiger partial charge < -0.3 is 19.8 Å². The lowest BCUT2D eigenvalue weighted by atomic mass is 9.97. The van der Waals surface area contributed by atoms with Crippen LogP contribution in [0.2, 0.25) is 0 Å². The van der Waals surface area contributed by atoms with Crippen LogP contribution in [0.1, 0.15) is 54.4 Å². The molecule has 2 atom stereocenters. The number of nitrogens with zero attached hydrogens (tertiary/aromatic N) is 3. The molecule has 190 valence electrons. The number of rotatable bonds is 7. The average Bonchev–Trinajstić information content (AvgIpc) is 2.88. The summed E-state index contributed by atoms with van der Waals surface area (Å²) in [4.78, 5) is 20.4. The summed E-state index contributed by atoms with van der Waals surface area (Å²) in [5.74, 6) is -0.218. The summed E-state index contributed by atoms with van der Waals surface area (Å²) in [5, 5.41) is 9.16. The molecule has 6 nitrogen and oxygen atoms in total. The van der Waals surface area contributed by atoms with Crippen LogP contribution in [0, 0.1) is 5.82 Å². The lowest BCUT2D eigenvalue weighted by Crippen LogP contribution is -2.49. The molecule has 1 N–H and O–H groups in total. The molecule has 2 saturated heterocycles. The summed E-state index contributed by atoms with van der Waals surface area (Å²) in [7, 11) is -1.17. The van der Waals surface area contributed by atoms with E-state index in [9.17, 15) is 13.4 Å². The van der Waals surface area contributed by atoms with Gasteiger partial charge in [-0.1, -0.05) is 13.0 Å². The van der Waals surface area contributed by atoms with Gasteiger partial charge in [0.2, 0.25) is 0 Å². The highest BCUT2D eigenvalue weighted by molar-refractivity contribution is 7.84. The molecule has 8 heteroatoms. The molecule has 2 unspecified atom stereocenters. The molecule has 0 spiro atoms. The fourth-order valence-corrected chi connectivity index (χ4v) is 5.59. The predicted molar refractivity (Wildman–Crippen MR) is 139 cm³/mol. The van der Waals surface area contributed by atoms with Crippen molar-refractivity contribution in [2.24, 2.45) is 0 Å². The van der Waals surface area contributed by atoms with E-state index in [2.05, 4.69) is 4.90 Å². The number of aliphatic hydroxyl groups excluding tert-OH is 1. The van der Waals surface area contributed by atoms with Gasteiger partial charge in [-0.05, 0) is 67.5 Å². The standard InChI is InChI=1S/C27H36FN3O3S/c1-20(10-17-32)21-6-8-26(24(28)18-21)30-13-15-31(16-14-30)27(33)23-19-22(35(2)34)7-9-25(23)29-11-4-3-5-12-29/h6-9,18-20,32H,3-5,10-17H2,1-2H3. The summed E-state index contributed by atoms with van der Waals surface area (Å²) < 4.78 is 27.1. The highest BCUT2D eigenvalue weighted by Crippen LogP contribution is 2.30. The van der Waals surface area contributed by atoms with Crippen LogP contribution in [0.5, 0.6) is 0 Å². The lowest BCUT2D eigenvalue weighted by Gasteiger charge is -2.37. The first-order chi connectivity index (χ1) is 16.9. The number of hydrogen-bond acceptors (Lipinski definition) is 5. The Morgan fingerprint density at radius 1 is 0.971 bits per heavy atom. The third-order valence-electron chi connectivity index (χ3n) is 7.24. The summed E-state index contributed by atoms with van der Waals surface area (Å²) in [5.41, 5.74) is 2.97. The van der Waals surface area contributed by atoms with Crippen molar-refractivity contribution in [3.8, 4) is 0 Å². The normalized spacial score (nSPS) is 18.5. The molecular formula is C27H36FN3O3S. The molecule has 1 amide bonds. The maximum atomic E-state index is 14.9. The number of halogens is 1. The predicted octanol–water partition coefficient (Wildman–Crippen LogP) is 4.00. The van der Waals surface area contributed by atoms with Crippen LogP contribution in [0.15, 0.2) is 41.3 Å². The molecule has 0 saturated carbocycles. The van der Waals surface area contributed by atoms with Gasteiger partial charge in [0.15, 0.2) is 0 Å². The molecule has 2 aliphatic heterocycles. The summed E-state index contributed by atoms with van der Waals surface area (Å²) in [6, 6.07) is 10.9. The zero-order valence-electron chi connectivity index (χ0n) is 20.7. The third-order valence-corrected chi connectivity index (χ3v) is 8.16. The number of aliphatic hydroxyl groups is 1. The average molecular weight is 502 g/mol. The number of amides is 1. The van der Waals surface area contributed by atoms with Crippen molar-refractivity contribution in [3.05, 3.63) is 53.3 Å². The van der Waals surface area contributed by atoms with Gasteiger partial charge in [0, 0.05) is 73.5 Å². The van der Waals surface area contributed by atoms with Crippen molar-refractivity contribution in [2.75, 3.05) is 61.9 Å². The van der Waals surface area contributed by atoms with Crippen LogP contribution >= 0.6 is 0 Å². The minimum atomic E-state index is -1.17. The number of anilines is 2. The Morgan fingerprint density at radius 2 is 1.63 bits per heavy atom. The zero-order chi connectivity index (χ0) is 24.9. The van der Waals surface area contributed by atoms with Gasteiger partial charge in [0.05, 0.1) is 11.3 Å². The Labute approximate surface area is 210 Å². The van der Waals surface area contributed by atoms with Crippen molar-refractivity contribution < 1.29 is 18.5 Å². The molecule has 2 aromatic carbocycles. The largest absolute Gasteiger partial charge is 0.396 e. The molecule has 4 rings (SSSR count). The smallest absolute Gasteiger partial charge is 0.256 e. The molecule has 35 heavy (non-hydrogen) atoms. The fraction of sp³-hybridized carbons (Fsp3) is 0.519. The van der Waals surface area contributed by atoms with Crippen LogP contribution in [0.3, 0.4) is 0 Å². The maximum Gasteiger partial charge on any atom is 0.256 e. The number of carbonyl (C=O) groups excluding carboxylic acids is 1. The Morgan fingerprint density at radius 3 is 2.26 bits per heavy atom. The topological polar surface area (TPSA) is 64.1 Å². The Bertz CT molecular complexity index is 1070. The van der Waals surface area contributed by atoms with E-state index in [4.69, 9.17) is 5.11 Å².